The van der Waals surface area contributed by atoms with Crippen molar-refractivity contribution in [3.8, 4) is 23.0 Å². The predicted octanol–water partition coefficient (Wildman–Crippen LogP) is 6.33. The highest BCUT2D eigenvalue weighted by molar-refractivity contribution is 5.71. The normalized spacial score (nSPS) is 15.1. The summed E-state index contributed by atoms with van der Waals surface area (Å²) in [4.78, 5) is 18.9. The van der Waals surface area contributed by atoms with Gasteiger partial charge < -0.3 is 18.8 Å². The summed E-state index contributed by atoms with van der Waals surface area (Å²) in [6.07, 6.45) is 2.26. The Morgan fingerprint density at radius 2 is 1.75 bits per heavy atom. The molecule has 4 aromatic rings. The zero-order valence-electron chi connectivity index (χ0n) is 20.4. The second kappa shape index (κ2) is 11.1. The van der Waals surface area contributed by atoms with Gasteiger partial charge in [0.25, 0.3) is 0 Å². The van der Waals surface area contributed by atoms with Crippen molar-refractivity contribution in [3.05, 3.63) is 102 Å². The number of benzene rings is 3. The molecule has 1 saturated heterocycles. The largest absolute Gasteiger partial charge is 0.493 e. The van der Waals surface area contributed by atoms with Crippen molar-refractivity contribution in [1.82, 2.24) is 9.88 Å². The summed E-state index contributed by atoms with van der Waals surface area (Å²) in [5, 5.41) is 0. The standard InChI is InChI=1S/C30H30N2O4/c1-22-28(31-29(35-22)25-10-4-2-5-11-25)16-18-34-27-14-8-9-23(20-27)19-24-15-17-32(21-24)30(33)36-26-12-6-3-7-13-26/h2-14,20,24H,15-19,21H2,1H3/t24-/m1/s1. The molecular formula is C30H30N2O4. The minimum Gasteiger partial charge on any atom is -0.493 e. The van der Waals surface area contributed by atoms with Crippen LogP contribution in [0.1, 0.15) is 23.4 Å². The first-order valence-corrected chi connectivity index (χ1v) is 12.4. The molecule has 1 aliphatic heterocycles. The van der Waals surface area contributed by atoms with E-state index in [0.29, 0.717) is 43.7 Å². The number of carbonyl (C=O) groups excluding carboxylic acids is 1. The van der Waals surface area contributed by atoms with Crippen molar-refractivity contribution in [3.63, 3.8) is 0 Å². The molecule has 0 spiro atoms. The van der Waals surface area contributed by atoms with Crippen LogP contribution < -0.4 is 9.47 Å². The average molecular weight is 483 g/mol. The van der Waals surface area contributed by atoms with Crippen molar-refractivity contribution in [2.24, 2.45) is 5.92 Å². The summed E-state index contributed by atoms with van der Waals surface area (Å²) in [6.45, 7) is 3.88. The molecule has 0 saturated carbocycles. The molecule has 1 amide bonds. The first kappa shape index (κ1) is 23.7. The maximum absolute atomic E-state index is 12.5. The van der Waals surface area contributed by atoms with Crippen LogP contribution in [0.5, 0.6) is 11.5 Å². The van der Waals surface area contributed by atoms with E-state index in [0.717, 1.165) is 35.6 Å². The van der Waals surface area contributed by atoms with Crippen molar-refractivity contribution >= 4 is 6.09 Å². The van der Waals surface area contributed by atoms with Crippen LogP contribution in [0.25, 0.3) is 11.5 Å². The van der Waals surface area contributed by atoms with Crippen LogP contribution in [0, 0.1) is 12.8 Å². The fourth-order valence-electron chi connectivity index (χ4n) is 4.54. The number of para-hydroxylation sites is 1. The molecule has 0 radical (unpaired) electrons. The minimum atomic E-state index is -0.278. The zero-order chi connectivity index (χ0) is 24.7. The highest BCUT2D eigenvalue weighted by Crippen LogP contribution is 2.25. The summed E-state index contributed by atoms with van der Waals surface area (Å²) < 4.78 is 17.4. The van der Waals surface area contributed by atoms with Gasteiger partial charge in [0.2, 0.25) is 5.89 Å². The number of oxazole rings is 1. The van der Waals surface area contributed by atoms with Gasteiger partial charge in [-0.3, -0.25) is 0 Å². The fraction of sp³-hybridized carbons (Fsp3) is 0.267. The number of rotatable bonds is 8. The Morgan fingerprint density at radius 1 is 1.00 bits per heavy atom. The lowest BCUT2D eigenvalue weighted by atomic mass is 9.98. The monoisotopic (exact) mass is 482 g/mol. The lowest BCUT2D eigenvalue weighted by Crippen LogP contribution is -2.31. The van der Waals surface area contributed by atoms with Crippen molar-refractivity contribution < 1.29 is 18.7 Å². The Balaban J connectivity index is 1.11. The summed E-state index contributed by atoms with van der Waals surface area (Å²) in [6, 6.07) is 27.3. The van der Waals surface area contributed by atoms with Crippen LogP contribution in [-0.4, -0.2) is 35.7 Å². The summed E-state index contributed by atoms with van der Waals surface area (Å²) in [5.41, 5.74) is 3.09. The Bertz CT molecular complexity index is 1290. The molecule has 184 valence electrons. The van der Waals surface area contributed by atoms with Crippen molar-refractivity contribution in [1.29, 1.82) is 0 Å². The van der Waals surface area contributed by atoms with Gasteiger partial charge in [-0.2, -0.15) is 0 Å². The molecular weight excluding hydrogens is 452 g/mol. The number of hydrogen-bond donors (Lipinski definition) is 0. The van der Waals surface area contributed by atoms with Gasteiger partial charge in [-0.1, -0.05) is 48.5 Å². The molecule has 1 aromatic heterocycles. The van der Waals surface area contributed by atoms with E-state index in [4.69, 9.17) is 13.9 Å². The summed E-state index contributed by atoms with van der Waals surface area (Å²) in [5.74, 6) is 3.28. The van der Waals surface area contributed by atoms with E-state index >= 15 is 0 Å². The quantitative estimate of drug-likeness (QED) is 0.293. The smallest absolute Gasteiger partial charge is 0.415 e. The number of hydrogen-bond acceptors (Lipinski definition) is 5. The number of likely N-dealkylation sites (tertiary alicyclic amines) is 1. The van der Waals surface area contributed by atoms with Gasteiger partial charge in [-0.05, 0) is 67.6 Å². The molecule has 5 rings (SSSR count). The Morgan fingerprint density at radius 3 is 2.56 bits per heavy atom. The van der Waals surface area contributed by atoms with E-state index in [9.17, 15) is 4.79 Å². The number of nitrogens with zero attached hydrogens (tertiary/aromatic N) is 2. The second-order valence-corrected chi connectivity index (χ2v) is 9.12. The van der Waals surface area contributed by atoms with E-state index in [-0.39, 0.29) is 6.09 Å². The molecule has 3 aromatic carbocycles. The molecule has 0 bridgehead atoms. The lowest BCUT2D eigenvalue weighted by molar-refractivity contribution is 0.161. The van der Waals surface area contributed by atoms with Crippen molar-refractivity contribution in [2.75, 3.05) is 19.7 Å². The van der Waals surface area contributed by atoms with Crippen LogP contribution in [-0.2, 0) is 12.8 Å². The SMILES string of the molecule is Cc1oc(-c2ccccc2)nc1CCOc1cccc(C[C@H]2CCN(C(=O)Oc3ccccc3)C2)c1. The zero-order valence-corrected chi connectivity index (χ0v) is 20.4. The number of amides is 1. The summed E-state index contributed by atoms with van der Waals surface area (Å²) >= 11 is 0. The maximum Gasteiger partial charge on any atom is 0.415 e. The van der Waals surface area contributed by atoms with Gasteiger partial charge in [-0.15, -0.1) is 0 Å². The minimum absolute atomic E-state index is 0.278. The van der Waals surface area contributed by atoms with E-state index in [1.165, 1.54) is 5.56 Å². The third-order valence-electron chi connectivity index (χ3n) is 6.44. The lowest BCUT2D eigenvalue weighted by Gasteiger charge is -2.16. The summed E-state index contributed by atoms with van der Waals surface area (Å²) in [7, 11) is 0. The molecule has 2 heterocycles. The van der Waals surface area contributed by atoms with Gasteiger partial charge in [0, 0.05) is 25.1 Å². The Labute approximate surface area is 211 Å². The molecule has 0 N–H and O–H groups in total. The first-order chi connectivity index (χ1) is 17.6. The number of aryl methyl sites for hydroxylation is 1. The second-order valence-electron chi connectivity index (χ2n) is 9.12. The van der Waals surface area contributed by atoms with Gasteiger partial charge in [0.05, 0.1) is 12.3 Å². The van der Waals surface area contributed by atoms with E-state index in [2.05, 4.69) is 17.1 Å². The third kappa shape index (κ3) is 5.95. The molecule has 1 atom stereocenters. The average Bonchev–Trinajstić information content (AvgIpc) is 3.52. The topological polar surface area (TPSA) is 64.8 Å². The highest BCUT2D eigenvalue weighted by atomic mass is 16.6. The molecule has 1 aliphatic rings. The van der Waals surface area contributed by atoms with E-state index in [1.807, 2.05) is 67.6 Å². The number of aromatic nitrogens is 1. The molecule has 0 unspecified atom stereocenters. The molecule has 6 nitrogen and oxygen atoms in total. The van der Waals surface area contributed by atoms with Gasteiger partial charge in [-0.25, -0.2) is 9.78 Å². The van der Waals surface area contributed by atoms with Gasteiger partial charge in [0.1, 0.15) is 17.3 Å². The molecule has 1 fully saturated rings. The molecule has 36 heavy (non-hydrogen) atoms. The highest BCUT2D eigenvalue weighted by Gasteiger charge is 2.27. The van der Waals surface area contributed by atoms with E-state index < -0.39 is 0 Å². The van der Waals surface area contributed by atoms with E-state index in [1.54, 1.807) is 17.0 Å². The van der Waals surface area contributed by atoms with Gasteiger partial charge >= 0.3 is 6.09 Å². The Hall–Kier alpha value is -4.06. The van der Waals surface area contributed by atoms with Gasteiger partial charge in [0.15, 0.2) is 0 Å². The van der Waals surface area contributed by atoms with Crippen LogP contribution in [0.3, 0.4) is 0 Å². The maximum atomic E-state index is 12.5. The van der Waals surface area contributed by atoms with Crippen LogP contribution in [0.2, 0.25) is 0 Å². The third-order valence-corrected chi connectivity index (χ3v) is 6.44. The van der Waals surface area contributed by atoms with Crippen LogP contribution in [0.4, 0.5) is 4.79 Å². The fourth-order valence-corrected chi connectivity index (χ4v) is 4.54. The molecule has 0 aliphatic carbocycles. The predicted molar refractivity (Wildman–Crippen MR) is 138 cm³/mol. The number of carbonyl (C=O) groups is 1. The number of ether oxygens (including phenoxy) is 2. The Kier molecular flexibility index (Phi) is 7.31. The van der Waals surface area contributed by atoms with Crippen LogP contribution >= 0.6 is 0 Å². The molecule has 6 heteroatoms. The first-order valence-electron chi connectivity index (χ1n) is 12.4. The van der Waals surface area contributed by atoms with Crippen LogP contribution in [0.15, 0.2) is 89.3 Å². The van der Waals surface area contributed by atoms with Crippen molar-refractivity contribution in [2.45, 2.75) is 26.2 Å².